The number of hydrogen-bond acceptors (Lipinski definition) is 5. The maximum absolute atomic E-state index is 12.7. The summed E-state index contributed by atoms with van der Waals surface area (Å²) in [6, 6.07) is 12.3. The van der Waals surface area contributed by atoms with Gasteiger partial charge in [-0.15, -0.1) is 11.8 Å². The van der Waals surface area contributed by atoms with Gasteiger partial charge in [0, 0.05) is 35.3 Å². The molecule has 158 valence electrons. The van der Waals surface area contributed by atoms with Crippen molar-refractivity contribution in [1.82, 2.24) is 4.90 Å². The maximum Gasteiger partial charge on any atom is 0.253 e. The van der Waals surface area contributed by atoms with Crippen LogP contribution in [0.5, 0.6) is 5.75 Å². The summed E-state index contributed by atoms with van der Waals surface area (Å²) >= 11 is 1.41. The van der Waals surface area contributed by atoms with Crippen LogP contribution in [-0.4, -0.2) is 55.1 Å². The molecule has 0 spiro atoms. The summed E-state index contributed by atoms with van der Waals surface area (Å²) < 4.78 is 5.17. The molecule has 7 nitrogen and oxygen atoms in total. The van der Waals surface area contributed by atoms with Crippen LogP contribution in [-0.2, 0) is 9.59 Å². The minimum absolute atomic E-state index is 0.0911. The largest absolute Gasteiger partial charge is 0.497 e. The summed E-state index contributed by atoms with van der Waals surface area (Å²) in [5, 5.41) is 2.79. The second-order valence-electron chi connectivity index (χ2n) is 6.71. The average molecular weight is 428 g/mol. The Hall–Kier alpha value is -3.00. The number of nitrogens with one attached hydrogen (secondary N) is 1. The van der Waals surface area contributed by atoms with Gasteiger partial charge in [-0.1, -0.05) is 6.07 Å². The molecule has 0 fully saturated rings. The molecule has 30 heavy (non-hydrogen) atoms. The van der Waals surface area contributed by atoms with Crippen molar-refractivity contribution in [3.05, 3.63) is 48.0 Å². The van der Waals surface area contributed by atoms with Gasteiger partial charge in [-0.25, -0.2) is 0 Å². The molecule has 1 aliphatic heterocycles. The van der Waals surface area contributed by atoms with Crippen LogP contribution in [0.25, 0.3) is 0 Å². The van der Waals surface area contributed by atoms with Gasteiger partial charge < -0.3 is 19.9 Å². The first-order valence-electron chi connectivity index (χ1n) is 9.77. The first-order chi connectivity index (χ1) is 14.5. The second-order valence-corrected chi connectivity index (χ2v) is 7.73. The van der Waals surface area contributed by atoms with Gasteiger partial charge in [-0.2, -0.15) is 0 Å². The molecule has 0 radical (unpaired) electrons. The highest BCUT2D eigenvalue weighted by molar-refractivity contribution is 8.00. The van der Waals surface area contributed by atoms with Crippen LogP contribution in [0, 0.1) is 0 Å². The Morgan fingerprint density at radius 1 is 1.17 bits per heavy atom. The molecule has 3 rings (SSSR count). The molecule has 0 saturated carbocycles. The lowest BCUT2D eigenvalue weighted by atomic mass is 10.1. The van der Waals surface area contributed by atoms with E-state index in [-0.39, 0.29) is 30.0 Å². The highest BCUT2D eigenvalue weighted by Crippen LogP contribution is 2.36. The summed E-state index contributed by atoms with van der Waals surface area (Å²) in [6.07, 6.45) is 0. The van der Waals surface area contributed by atoms with Crippen LogP contribution in [0.15, 0.2) is 47.4 Å². The number of nitrogens with zero attached hydrogens (tertiary/aromatic N) is 2. The Kier molecular flexibility index (Phi) is 6.99. The highest BCUT2D eigenvalue weighted by Gasteiger charge is 2.28. The molecular weight excluding hydrogens is 402 g/mol. The lowest BCUT2D eigenvalue weighted by molar-refractivity contribution is -0.120. The van der Waals surface area contributed by atoms with Gasteiger partial charge in [0.1, 0.15) is 12.3 Å². The average Bonchev–Trinajstić information content (AvgIpc) is 2.76. The maximum atomic E-state index is 12.7. The van der Waals surface area contributed by atoms with Gasteiger partial charge in [0.05, 0.1) is 18.6 Å². The van der Waals surface area contributed by atoms with E-state index in [2.05, 4.69) is 5.32 Å². The zero-order valence-electron chi connectivity index (χ0n) is 17.3. The van der Waals surface area contributed by atoms with E-state index in [1.54, 1.807) is 48.4 Å². The fraction of sp³-hybridized carbons (Fsp3) is 0.318. The van der Waals surface area contributed by atoms with Crippen LogP contribution < -0.4 is 15.0 Å². The molecule has 2 aromatic carbocycles. The van der Waals surface area contributed by atoms with Crippen LogP contribution in [0.2, 0.25) is 0 Å². The van der Waals surface area contributed by atoms with Gasteiger partial charge in [0.2, 0.25) is 11.8 Å². The number of anilines is 2. The van der Waals surface area contributed by atoms with Crippen molar-refractivity contribution in [2.45, 2.75) is 18.7 Å². The number of fused-ring (bicyclic) bond motifs is 1. The number of benzene rings is 2. The molecule has 2 aromatic rings. The third-order valence-electron chi connectivity index (χ3n) is 4.85. The van der Waals surface area contributed by atoms with E-state index >= 15 is 0 Å². The summed E-state index contributed by atoms with van der Waals surface area (Å²) in [7, 11) is 1.55. The SMILES string of the molecule is CCN(CC)C(=O)c1ccc2c(c1)N(CC(=O)Nc1cccc(OC)c1)C(=O)CS2. The lowest BCUT2D eigenvalue weighted by Crippen LogP contribution is -2.41. The number of hydrogen-bond donors (Lipinski definition) is 1. The van der Waals surface area contributed by atoms with Crippen molar-refractivity contribution >= 4 is 40.9 Å². The van der Waals surface area contributed by atoms with Gasteiger partial charge in [0.25, 0.3) is 5.91 Å². The van der Waals surface area contributed by atoms with Crippen molar-refractivity contribution in [3.8, 4) is 5.75 Å². The molecule has 0 aromatic heterocycles. The molecule has 0 saturated heterocycles. The Bertz CT molecular complexity index is 959. The van der Waals surface area contributed by atoms with Crippen LogP contribution in [0.3, 0.4) is 0 Å². The molecule has 1 aliphatic rings. The van der Waals surface area contributed by atoms with Crippen LogP contribution >= 0.6 is 11.8 Å². The molecule has 8 heteroatoms. The topological polar surface area (TPSA) is 79.0 Å². The number of carbonyl (C=O) groups is 3. The lowest BCUT2D eigenvalue weighted by Gasteiger charge is -2.29. The first-order valence-corrected chi connectivity index (χ1v) is 10.8. The number of amides is 3. The smallest absolute Gasteiger partial charge is 0.253 e. The fourth-order valence-electron chi connectivity index (χ4n) is 3.25. The Morgan fingerprint density at radius 3 is 2.63 bits per heavy atom. The number of rotatable bonds is 7. The van der Waals surface area contributed by atoms with E-state index in [9.17, 15) is 14.4 Å². The quantitative estimate of drug-likeness (QED) is 0.734. The van der Waals surface area contributed by atoms with E-state index in [0.29, 0.717) is 35.8 Å². The third-order valence-corrected chi connectivity index (χ3v) is 5.90. The van der Waals surface area contributed by atoms with Gasteiger partial charge in [0.15, 0.2) is 0 Å². The van der Waals surface area contributed by atoms with Crippen LogP contribution in [0.4, 0.5) is 11.4 Å². The standard InChI is InChI=1S/C22H25N3O4S/c1-4-24(5-2)22(28)15-9-10-19-18(11-15)25(21(27)14-30-19)13-20(26)23-16-7-6-8-17(12-16)29-3/h6-12H,4-5,13-14H2,1-3H3,(H,23,26). The minimum Gasteiger partial charge on any atom is -0.497 e. The van der Waals surface area contributed by atoms with Crippen LogP contribution in [0.1, 0.15) is 24.2 Å². The predicted octanol–water partition coefficient (Wildman–Crippen LogP) is 3.25. The minimum atomic E-state index is -0.324. The summed E-state index contributed by atoms with van der Waals surface area (Å²) in [5.74, 6) is 0.299. The molecule has 3 amide bonds. The van der Waals surface area contributed by atoms with E-state index in [0.717, 1.165) is 4.90 Å². The Labute approximate surface area is 180 Å². The van der Waals surface area contributed by atoms with Crippen molar-refractivity contribution in [2.75, 3.05) is 42.7 Å². The molecule has 0 aliphatic carbocycles. The molecule has 0 unspecified atom stereocenters. The third kappa shape index (κ3) is 4.76. The first kappa shape index (κ1) is 21.7. The van der Waals surface area contributed by atoms with Crippen molar-refractivity contribution in [1.29, 1.82) is 0 Å². The van der Waals surface area contributed by atoms with Crippen molar-refractivity contribution in [2.24, 2.45) is 0 Å². The zero-order valence-corrected chi connectivity index (χ0v) is 18.1. The monoisotopic (exact) mass is 427 g/mol. The summed E-state index contributed by atoms with van der Waals surface area (Å²) in [6.45, 7) is 4.93. The van der Waals surface area contributed by atoms with E-state index in [1.165, 1.54) is 16.7 Å². The summed E-state index contributed by atoms with van der Waals surface area (Å²) in [5.41, 5.74) is 1.69. The molecule has 0 atom stereocenters. The van der Waals surface area contributed by atoms with Crippen molar-refractivity contribution in [3.63, 3.8) is 0 Å². The van der Waals surface area contributed by atoms with Crippen molar-refractivity contribution < 1.29 is 19.1 Å². The number of methoxy groups -OCH3 is 1. The summed E-state index contributed by atoms with van der Waals surface area (Å²) in [4.78, 5) is 42.0. The highest BCUT2D eigenvalue weighted by atomic mass is 32.2. The molecule has 1 heterocycles. The molecular formula is C22H25N3O4S. The van der Waals surface area contributed by atoms with Gasteiger partial charge in [-0.05, 0) is 44.2 Å². The zero-order chi connectivity index (χ0) is 21.7. The second kappa shape index (κ2) is 9.67. The molecule has 1 N–H and O–H groups in total. The Morgan fingerprint density at radius 2 is 1.93 bits per heavy atom. The fourth-order valence-corrected chi connectivity index (χ4v) is 4.16. The number of thioether (sulfide) groups is 1. The predicted molar refractivity (Wildman–Crippen MR) is 118 cm³/mol. The molecule has 0 bridgehead atoms. The van der Waals surface area contributed by atoms with E-state index in [4.69, 9.17) is 4.74 Å². The normalized spacial score (nSPS) is 12.9. The van der Waals surface area contributed by atoms with Gasteiger partial charge in [-0.3, -0.25) is 14.4 Å². The number of carbonyl (C=O) groups excluding carboxylic acids is 3. The van der Waals surface area contributed by atoms with Gasteiger partial charge >= 0.3 is 0 Å². The Balaban J connectivity index is 1.82. The van der Waals surface area contributed by atoms with E-state index in [1.807, 2.05) is 19.9 Å². The number of ether oxygens (including phenoxy) is 1. The van der Waals surface area contributed by atoms with E-state index < -0.39 is 0 Å².